The first-order chi connectivity index (χ1) is 16.8. The maximum atomic E-state index is 12.9. The first-order valence-corrected chi connectivity index (χ1v) is 14.8. The van der Waals surface area contributed by atoms with Crippen molar-refractivity contribution >= 4 is 52.1 Å². The third kappa shape index (κ3) is 4.26. The van der Waals surface area contributed by atoms with Gasteiger partial charge in [-0.15, -0.1) is 0 Å². The summed E-state index contributed by atoms with van der Waals surface area (Å²) in [7, 11) is -2.62. The monoisotopic (exact) mass is 589 g/mol. The van der Waals surface area contributed by atoms with E-state index in [9.17, 15) is 4.79 Å². The summed E-state index contributed by atoms with van der Waals surface area (Å²) in [5.74, 6) is 0. The Kier molecular flexibility index (Phi) is 6.42. The highest BCUT2D eigenvalue weighted by Crippen LogP contribution is 2.37. The minimum absolute atomic E-state index is 0.0706. The zero-order valence-electron chi connectivity index (χ0n) is 20.1. The molecule has 0 radical (unpaired) electrons. The van der Waals surface area contributed by atoms with Crippen molar-refractivity contribution in [1.29, 1.82) is 0 Å². The zero-order valence-corrected chi connectivity index (χ0v) is 23.3. The molecule has 1 N–H and O–H groups in total. The van der Waals surface area contributed by atoms with Gasteiger partial charge in [0, 0.05) is 11.9 Å². The van der Waals surface area contributed by atoms with E-state index in [1.807, 2.05) is 18.3 Å². The quantitative estimate of drug-likeness (QED) is 0.148. The van der Waals surface area contributed by atoms with E-state index in [1.54, 1.807) is 0 Å². The number of hydrogen-bond acceptors (Lipinski definition) is 2. The van der Waals surface area contributed by atoms with Crippen LogP contribution in [0.2, 0.25) is 5.04 Å². The van der Waals surface area contributed by atoms with Crippen molar-refractivity contribution in [2.45, 2.75) is 32.4 Å². The van der Waals surface area contributed by atoms with E-state index in [0.717, 1.165) is 31.2 Å². The molecular weight excluding hydrogens is 561 g/mol. The fraction of sp³-hybridized carbons (Fsp3) is 0.167. The Hall–Kier alpha value is -2.74. The van der Waals surface area contributed by atoms with E-state index in [0.29, 0.717) is 6.61 Å². The Morgan fingerprint density at radius 1 is 0.857 bits per heavy atom. The smallest absolute Gasteiger partial charge is 0.261 e. The molecule has 0 aromatic heterocycles. The first-order valence-electron chi connectivity index (χ1n) is 11.8. The zero-order chi connectivity index (χ0) is 24.6. The first kappa shape index (κ1) is 24.0. The van der Waals surface area contributed by atoms with Crippen LogP contribution in [0.25, 0.3) is 22.0 Å². The van der Waals surface area contributed by atoms with E-state index in [-0.39, 0.29) is 10.5 Å². The normalized spacial score (nSPS) is 12.3. The summed E-state index contributed by atoms with van der Waals surface area (Å²) in [6, 6.07) is 31.5. The van der Waals surface area contributed by atoms with Crippen LogP contribution in [0.15, 0.2) is 102 Å². The average Bonchev–Trinajstić information content (AvgIpc) is 2.86. The predicted molar refractivity (Wildman–Crippen MR) is 156 cm³/mol. The Morgan fingerprint density at radius 2 is 1.49 bits per heavy atom. The molecule has 0 bridgehead atoms. The lowest BCUT2D eigenvalue weighted by Gasteiger charge is -2.43. The lowest BCUT2D eigenvalue weighted by atomic mass is 10.00. The molecule has 5 rings (SSSR count). The van der Waals surface area contributed by atoms with Crippen molar-refractivity contribution in [2.24, 2.45) is 0 Å². The number of nitrogens with one attached hydrogen (secondary N) is 1. The van der Waals surface area contributed by atoms with Crippen LogP contribution in [-0.4, -0.2) is 13.3 Å². The number of aromatic nitrogens is 1. The van der Waals surface area contributed by atoms with Gasteiger partial charge in [0.15, 0.2) is 0 Å². The van der Waals surface area contributed by atoms with Crippen LogP contribution in [0.4, 0.5) is 0 Å². The second-order valence-electron chi connectivity index (χ2n) is 9.96. The van der Waals surface area contributed by atoms with E-state index < -0.39 is 8.32 Å². The molecule has 1 aliphatic heterocycles. The van der Waals surface area contributed by atoms with E-state index >= 15 is 0 Å². The standard InChI is InChI=1S/C30H28INO2Si/c1-30(2,3)35(23-10-6-4-7-11-23,24-12-8-5-9-13-24)34-20-21-14-15-25-22(18-21)19-32-27-17-16-26(31)29(33)28(25)27/h4-19,32H,20H2,1-3H3. The molecule has 0 spiro atoms. The molecule has 3 aromatic carbocycles. The fourth-order valence-corrected chi connectivity index (χ4v) is 10.1. The third-order valence-corrected chi connectivity index (χ3v) is 12.6. The van der Waals surface area contributed by atoms with Gasteiger partial charge in [-0.25, -0.2) is 0 Å². The largest absolute Gasteiger partial charge is 0.403 e. The lowest BCUT2D eigenvalue weighted by Crippen LogP contribution is -2.66. The minimum Gasteiger partial charge on any atom is -0.403 e. The Balaban J connectivity index is 1.60. The van der Waals surface area contributed by atoms with Gasteiger partial charge in [0.25, 0.3) is 8.32 Å². The van der Waals surface area contributed by atoms with Crippen LogP contribution in [0.5, 0.6) is 0 Å². The maximum Gasteiger partial charge on any atom is 0.261 e. The topological polar surface area (TPSA) is 42.1 Å². The van der Waals surface area contributed by atoms with Crippen molar-refractivity contribution in [3.05, 3.63) is 117 Å². The van der Waals surface area contributed by atoms with E-state index in [2.05, 4.69) is 127 Å². The van der Waals surface area contributed by atoms with Gasteiger partial charge in [0.05, 0.1) is 15.7 Å². The number of fused-ring (bicyclic) bond motifs is 3. The molecule has 2 aliphatic rings. The molecule has 176 valence electrons. The molecule has 1 heterocycles. The van der Waals surface area contributed by atoms with Gasteiger partial charge in [-0.3, -0.25) is 4.79 Å². The van der Waals surface area contributed by atoms with Crippen molar-refractivity contribution in [2.75, 3.05) is 0 Å². The van der Waals surface area contributed by atoms with Crippen molar-refractivity contribution in [3.8, 4) is 11.3 Å². The number of benzene rings is 4. The Morgan fingerprint density at radius 3 is 2.09 bits per heavy atom. The second-order valence-corrected chi connectivity index (χ2v) is 15.4. The summed E-state index contributed by atoms with van der Waals surface area (Å²) in [5, 5.41) is 4.44. The molecule has 1 aliphatic carbocycles. The highest BCUT2D eigenvalue weighted by Gasteiger charge is 2.50. The molecule has 5 heteroatoms. The summed E-state index contributed by atoms with van der Waals surface area (Å²) < 4.78 is 7.83. The van der Waals surface area contributed by atoms with Crippen LogP contribution in [0, 0.1) is 3.57 Å². The van der Waals surface area contributed by atoms with Crippen LogP contribution in [-0.2, 0) is 11.0 Å². The molecule has 0 saturated carbocycles. The summed E-state index contributed by atoms with van der Waals surface area (Å²) in [6.45, 7) is 7.37. The van der Waals surface area contributed by atoms with Gasteiger partial charge in [0.2, 0.25) is 5.43 Å². The second kappa shape index (κ2) is 9.37. The maximum absolute atomic E-state index is 12.9. The number of rotatable bonds is 5. The molecule has 0 amide bonds. The molecule has 0 unspecified atom stereocenters. The highest BCUT2D eigenvalue weighted by atomic mass is 127. The summed E-state index contributed by atoms with van der Waals surface area (Å²) in [6.07, 6.45) is 1.98. The number of halogens is 1. The fourth-order valence-electron chi connectivity index (χ4n) is 5.10. The van der Waals surface area contributed by atoms with Crippen molar-refractivity contribution < 1.29 is 4.43 Å². The predicted octanol–water partition coefficient (Wildman–Crippen LogP) is 6.31. The van der Waals surface area contributed by atoms with Gasteiger partial charge in [-0.2, -0.15) is 0 Å². The lowest BCUT2D eigenvalue weighted by molar-refractivity contribution is 0.286. The average molecular weight is 590 g/mol. The van der Waals surface area contributed by atoms with E-state index in [4.69, 9.17) is 4.43 Å². The Labute approximate surface area is 220 Å². The van der Waals surface area contributed by atoms with Crippen LogP contribution < -0.4 is 15.8 Å². The molecule has 0 atom stereocenters. The van der Waals surface area contributed by atoms with Gasteiger partial charge in [0.1, 0.15) is 0 Å². The van der Waals surface area contributed by atoms with Gasteiger partial charge in [-0.05, 0) is 72.5 Å². The number of H-pyrrole nitrogens is 1. The van der Waals surface area contributed by atoms with Crippen molar-refractivity contribution in [1.82, 2.24) is 4.98 Å². The SMILES string of the molecule is CC(C)(C)[Si](OCc1ccc2c3c(=O)c(I)ccc-3[nH]cc2c1)(c1ccccc1)c1ccccc1. The molecule has 35 heavy (non-hydrogen) atoms. The summed E-state index contributed by atoms with van der Waals surface area (Å²) in [5.41, 5.74) is 2.77. The Bertz CT molecular complexity index is 1470. The van der Waals surface area contributed by atoms with Gasteiger partial charge in [-0.1, -0.05) is 93.6 Å². The van der Waals surface area contributed by atoms with Crippen LogP contribution in [0.1, 0.15) is 26.3 Å². The van der Waals surface area contributed by atoms with Crippen LogP contribution in [0.3, 0.4) is 0 Å². The van der Waals surface area contributed by atoms with Gasteiger partial charge >= 0.3 is 0 Å². The summed E-state index contributed by atoms with van der Waals surface area (Å²) in [4.78, 5) is 16.2. The highest BCUT2D eigenvalue weighted by molar-refractivity contribution is 14.1. The molecular formula is C30H28INO2Si. The molecule has 3 nitrogen and oxygen atoms in total. The number of pyridine rings is 1. The molecule has 0 fully saturated rings. The number of aromatic amines is 1. The van der Waals surface area contributed by atoms with Crippen LogP contribution >= 0.6 is 22.6 Å². The van der Waals surface area contributed by atoms with Gasteiger partial charge < -0.3 is 9.41 Å². The van der Waals surface area contributed by atoms with E-state index in [1.165, 1.54) is 10.4 Å². The molecule has 3 aromatic rings. The summed E-state index contributed by atoms with van der Waals surface area (Å²) >= 11 is 2.11. The third-order valence-electron chi connectivity index (χ3n) is 6.75. The number of hydrogen-bond donors (Lipinski definition) is 1. The van der Waals surface area contributed by atoms with Crippen molar-refractivity contribution in [3.63, 3.8) is 0 Å². The molecule has 0 saturated heterocycles. The minimum atomic E-state index is -2.62.